The minimum atomic E-state index is 0.653. The van der Waals surface area contributed by atoms with Crippen molar-refractivity contribution in [2.24, 2.45) is 5.92 Å². The molecule has 1 fully saturated rings. The number of aromatic nitrogens is 2. The highest BCUT2D eigenvalue weighted by atomic mass is 15.2. The molecule has 148 valence electrons. The van der Waals surface area contributed by atoms with Crippen LogP contribution in [0, 0.1) is 5.92 Å². The van der Waals surface area contributed by atoms with Crippen LogP contribution in [-0.2, 0) is 6.54 Å². The highest BCUT2D eigenvalue weighted by Crippen LogP contribution is 2.28. The standard InChI is InChI=1S/C22H35N5/c1-17-9-7-10-18(15-17)27(4)16-21-24-20-12-6-5-11-19(20)22(25-21)23-13-8-14-26(2)3/h5-6,11-12,17-18H,7-10,13-16H2,1-4H3,(H,23,24,25). The molecule has 1 aromatic heterocycles. The highest BCUT2D eigenvalue weighted by molar-refractivity contribution is 5.88. The minimum absolute atomic E-state index is 0.653. The Kier molecular flexibility index (Phi) is 7.02. The Morgan fingerprint density at radius 3 is 2.70 bits per heavy atom. The third-order valence-corrected chi connectivity index (χ3v) is 5.65. The first-order valence-corrected chi connectivity index (χ1v) is 10.4. The largest absolute Gasteiger partial charge is 0.369 e. The van der Waals surface area contributed by atoms with Crippen molar-refractivity contribution in [3.05, 3.63) is 30.1 Å². The molecule has 0 aliphatic heterocycles. The zero-order chi connectivity index (χ0) is 19.2. The molecule has 0 amide bonds. The van der Waals surface area contributed by atoms with Gasteiger partial charge in [-0.25, -0.2) is 9.97 Å². The van der Waals surface area contributed by atoms with Gasteiger partial charge in [-0.15, -0.1) is 0 Å². The van der Waals surface area contributed by atoms with E-state index < -0.39 is 0 Å². The van der Waals surface area contributed by atoms with Crippen LogP contribution in [0.25, 0.3) is 10.9 Å². The molecule has 0 saturated heterocycles. The minimum Gasteiger partial charge on any atom is -0.369 e. The molecule has 1 heterocycles. The van der Waals surface area contributed by atoms with Crippen LogP contribution in [-0.4, -0.2) is 60.0 Å². The molecule has 5 heteroatoms. The second-order valence-electron chi connectivity index (χ2n) is 8.43. The van der Waals surface area contributed by atoms with E-state index in [9.17, 15) is 0 Å². The number of anilines is 1. The van der Waals surface area contributed by atoms with Gasteiger partial charge in [0.1, 0.15) is 11.6 Å². The van der Waals surface area contributed by atoms with E-state index in [-0.39, 0.29) is 0 Å². The van der Waals surface area contributed by atoms with E-state index in [0.29, 0.717) is 6.04 Å². The van der Waals surface area contributed by atoms with Gasteiger partial charge in [0.2, 0.25) is 0 Å². The van der Waals surface area contributed by atoms with Crippen molar-refractivity contribution in [1.82, 2.24) is 19.8 Å². The maximum absolute atomic E-state index is 4.89. The molecule has 1 saturated carbocycles. The number of benzene rings is 1. The lowest BCUT2D eigenvalue weighted by atomic mass is 9.86. The summed E-state index contributed by atoms with van der Waals surface area (Å²) in [7, 11) is 6.45. The van der Waals surface area contributed by atoms with Gasteiger partial charge in [-0.1, -0.05) is 31.9 Å². The smallest absolute Gasteiger partial charge is 0.145 e. The number of fused-ring (bicyclic) bond motifs is 1. The Hall–Kier alpha value is -1.72. The average molecular weight is 370 g/mol. The Morgan fingerprint density at radius 2 is 1.93 bits per heavy atom. The summed E-state index contributed by atoms with van der Waals surface area (Å²) in [5.74, 6) is 2.72. The maximum atomic E-state index is 4.89. The number of para-hydroxylation sites is 1. The summed E-state index contributed by atoms with van der Waals surface area (Å²) in [6, 6.07) is 8.97. The fourth-order valence-electron chi connectivity index (χ4n) is 4.09. The Bertz CT molecular complexity index is 730. The molecule has 27 heavy (non-hydrogen) atoms. The second-order valence-corrected chi connectivity index (χ2v) is 8.43. The van der Waals surface area contributed by atoms with Gasteiger partial charge in [0.15, 0.2) is 0 Å². The fraction of sp³-hybridized carbons (Fsp3) is 0.636. The van der Waals surface area contributed by atoms with E-state index in [4.69, 9.17) is 9.97 Å². The van der Waals surface area contributed by atoms with Gasteiger partial charge in [-0.2, -0.15) is 0 Å². The number of nitrogens with one attached hydrogen (secondary N) is 1. The van der Waals surface area contributed by atoms with Crippen LogP contribution in [0.3, 0.4) is 0 Å². The molecule has 5 nitrogen and oxygen atoms in total. The molecule has 2 atom stereocenters. The van der Waals surface area contributed by atoms with Crippen LogP contribution >= 0.6 is 0 Å². The van der Waals surface area contributed by atoms with Gasteiger partial charge >= 0.3 is 0 Å². The Labute approximate surface area is 164 Å². The molecule has 0 radical (unpaired) electrons. The summed E-state index contributed by atoms with van der Waals surface area (Å²) in [4.78, 5) is 14.4. The molecule has 0 bridgehead atoms. The number of hydrogen-bond donors (Lipinski definition) is 1. The molecule has 0 spiro atoms. The van der Waals surface area contributed by atoms with E-state index in [1.54, 1.807) is 0 Å². The first-order valence-electron chi connectivity index (χ1n) is 10.4. The van der Waals surface area contributed by atoms with Gasteiger partial charge in [0.25, 0.3) is 0 Å². The summed E-state index contributed by atoms with van der Waals surface area (Å²) in [6.45, 7) is 5.19. The molecule has 1 aliphatic rings. The van der Waals surface area contributed by atoms with Crippen LogP contribution in [0.15, 0.2) is 24.3 Å². The van der Waals surface area contributed by atoms with Crippen molar-refractivity contribution in [3.8, 4) is 0 Å². The normalized spacial score (nSPS) is 20.5. The first kappa shape index (κ1) is 20.0. The maximum Gasteiger partial charge on any atom is 0.145 e. The van der Waals surface area contributed by atoms with Crippen molar-refractivity contribution in [2.75, 3.05) is 39.5 Å². The van der Waals surface area contributed by atoms with Gasteiger partial charge in [0.05, 0.1) is 12.1 Å². The van der Waals surface area contributed by atoms with Crippen molar-refractivity contribution in [3.63, 3.8) is 0 Å². The molecule has 1 aromatic carbocycles. The highest BCUT2D eigenvalue weighted by Gasteiger charge is 2.23. The monoisotopic (exact) mass is 369 g/mol. The van der Waals surface area contributed by atoms with E-state index in [1.165, 1.54) is 25.7 Å². The molecular formula is C22H35N5. The van der Waals surface area contributed by atoms with Crippen LogP contribution in [0.4, 0.5) is 5.82 Å². The zero-order valence-corrected chi connectivity index (χ0v) is 17.4. The van der Waals surface area contributed by atoms with Crippen molar-refractivity contribution >= 4 is 16.7 Å². The predicted octanol–water partition coefficient (Wildman–Crippen LogP) is 4.00. The molecule has 3 rings (SSSR count). The van der Waals surface area contributed by atoms with Crippen molar-refractivity contribution in [2.45, 2.75) is 51.6 Å². The van der Waals surface area contributed by atoms with E-state index in [2.05, 4.69) is 67.4 Å². The third kappa shape index (κ3) is 5.63. The van der Waals surface area contributed by atoms with E-state index in [1.807, 2.05) is 0 Å². The van der Waals surface area contributed by atoms with Crippen molar-refractivity contribution in [1.29, 1.82) is 0 Å². The average Bonchev–Trinajstić information content (AvgIpc) is 2.65. The summed E-state index contributed by atoms with van der Waals surface area (Å²) < 4.78 is 0. The summed E-state index contributed by atoms with van der Waals surface area (Å²) in [6.07, 6.45) is 6.40. The number of hydrogen-bond acceptors (Lipinski definition) is 5. The molecule has 2 aromatic rings. The second kappa shape index (κ2) is 9.47. The summed E-state index contributed by atoms with van der Waals surface area (Å²) in [5.41, 5.74) is 1.03. The fourth-order valence-corrected chi connectivity index (χ4v) is 4.09. The van der Waals surface area contributed by atoms with Gasteiger partial charge in [-0.3, -0.25) is 4.90 Å². The van der Waals surface area contributed by atoms with Gasteiger partial charge in [0, 0.05) is 18.0 Å². The Morgan fingerprint density at radius 1 is 1.11 bits per heavy atom. The number of rotatable bonds is 8. The van der Waals surface area contributed by atoms with E-state index in [0.717, 1.165) is 54.5 Å². The lowest BCUT2D eigenvalue weighted by molar-refractivity contribution is 0.155. The predicted molar refractivity (Wildman–Crippen MR) is 114 cm³/mol. The zero-order valence-electron chi connectivity index (χ0n) is 17.4. The lowest BCUT2D eigenvalue weighted by Gasteiger charge is -2.33. The van der Waals surface area contributed by atoms with Crippen molar-refractivity contribution < 1.29 is 0 Å². The first-order chi connectivity index (χ1) is 13.0. The van der Waals surface area contributed by atoms with E-state index >= 15 is 0 Å². The summed E-state index contributed by atoms with van der Waals surface area (Å²) in [5, 5.41) is 4.66. The quantitative estimate of drug-likeness (QED) is 0.713. The number of nitrogens with zero attached hydrogens (tertiary/aromatic N) is 4. The third-order valence-electron chi connectivity index (χ3n) is 5.65. The van der Waals surface area contributed by atoms with Crippen LogP contribution in [0.5, 0.6) is 0 Å². The lowest BCUT2D eigenvalue weighted by Crippen LogP contribution is -2.35. The van der Waals surface area contributed by atoms with Crippen LogP contribution in [0.1, 0.15) is 44.9 Å². The van der Waals surface area contributed by atoms with Gasteiger partial charge in [-0.05, 0) is 65.0 Å². The molecule has 1 N–H and O–H groups in total. The van der Waals surface area contributed by atoms with Crippen LogP contribution < -0.4 is 5.32 Å². The Balaban J connectivity index is 1.73. The SMILES string of the molecule is CC1CCCC(N(C)Cc2nc(NCCCN(C)C)c3ccccc3n2)C1. The topological polar surface area (TPSA) is 44.3 Å². The molecule has 1 aliphatic carbocycles. The summed E-state index contributed by atoms with van der Waals surface area (Å²) >= 11 is 0. The molecule has 2 unspecified atom stereocenters. The van der Waals surface area contributed by atoms with Gasteiger partial charge < -0.3 is 10.2 Å². The van der Waals surface area contributed by atoms with Crippen LogP contribution in [0.2, 0.25) is 0 Å². The molecular weight excluding hydrogens is 334 g/mol.